The third kappa shape index (κ3) is 4.29. The highest BCUT2D eigenvalue weighted by molar-refractivity contribution is 5.81. The lowest BCUT2D eigenvalue weighted by Gasteiger charge is -2.21. The van der Waals surface area contributed by atoms with E-state index < -0.39 is 0 Å². The Morgan fingerprint density at radius 3 is 2.50 bits per heavy atom. The molecule has 0 radical (unpaired) electrons. The van der Waals surface area contributed by atoms with Gasteiger partial charge in [0.25, 0.3) is 0 Å². The number of nitrogens with two attached hydrogens (primary N) is 2. The third-order valence-corrected chi connectivity index (χ3v) is 3.54. The molecule has 0 aliphatic carbocycles. The predicted molar refractivity (Wildman–Crippen MR) is 70.5 cm³/mol. The Morgan fingerprint density at radius 1 is 1.39 bits per heavy atom. The average molecular weight is 255 g/mol. The van der Waals surface area contributed by atoms with Crippen molar-refractivity contribution in [1.29, 1.82) is 0 Å². The van der Waals surface area contributed by atoms with E-state index in [1.807, 2.05) is 0 Å². The van der Waals surface area contributed by atoms with Crippen LogP contribution in [0.5, 0.6) is 0 Å². The summed E-state index contributed by atoms with van der Waals surface area (Å²) < 4.78 is 0. The number of hydrogen-bond acceptors (Lipinski definition) is 3. The molecule has 2 unspecified atom stereocenters. The number of carbonyl (C=O) groups is 2. The van der Waals surface area contributed by atoms with Crippen LogP contribution in [0.1, 0.15) is 33.1 Å². The van der Waals surface area contributed by atoms with Crippen LogP contribution in [0.3, 0.4) is 0 Å². The zero-order chi connectivity index (χ0) is 13.7. The molecule has 5 nitrogen and oxygen atoms in total. The Hall–Kier alpha value is -1.10. The molecule has 104 valence electrons. The average Bonchev–Trinajstić information content (AvgIpc) is 2.76. The van der Waals surface area contributed by atoms with Crippen LogP contribution >= 0.6 is 0 Å². The van der Waals surface area contributed by atoms with Gasteiger partial charge in [-0.15, -0.1) is 0 Å². The van der Waals surface area contributed by atoms with Crippen molar-refractivity contribution < 1.29 is 9.59 Å². The van der Waals surface area contributed by atoms with Crippen molar-refractivity contribution in [2.24, 2.45) is 29.2 Å². The van der Waals surface area contributed by atoms with Gasteiger partial charge in [0.05, 0.1) is 5.92 Å². The van der Waals surface area contributed by atoms with Gasteiger partial charge in [0.15, 0.2) is 0 Å². The van der Waals surface area contributed by atoms with E-state index in [1.165, 1.54) is 0 Å². The van der Waals surface area contributed by atoms with Gasteiger partial charge < -0.3 is 16.4 Å². The second-order valence-corrected chi connectivity index (χ2v) is 5.66. The maximum absolute atomic E-state index is 12.1. The van der Waals surface area contributed by atoms with Crippen LogP contribution in [-0.4, -0.2) is 36.3 Å². The second-order valence-electron chi connectivity index (χ2n) is 5.66. The molecule has 0 bridgehead atoms. The Balaban J connectivity index is 2.43. The fourth-order valence-corrected chi connectivity index (χ4v) is 2.52. The summed E-state index contributed by atoms with van der Waals surface area (Å²) >= 11 is 0. The van der Waals surface area contributed by atoms with Gasteiger partial charge in [-0.25, -0.2) is 0 Å². The summed E-state index contributed by atoms with van der Waals surface area (Å²) in [6.45, 7) is 5.92. The zero-order valence-electron chi connectivity index (χ0n) is 11.4. The zero-order valence-corrected chi connectivity index (χ0v) is 11.4. The summed E-state index contributed by atoms with van der Waals surface area (Å²) in [4.78, 5) is 24.9. The molecule has 1 heterocycles. The van der Waals surface area contributed by atoms with Crippen LogP contribution in [0.2, 0.25) is 0 Å². The van der Waals surface area contributed by atoms with Gasteiger partial charge in [0.1, 0.15) is 0 Å². The second kappa shape index (κ2) is 6.73. The summed E-state index contributed by atoms with van der Waals surface area (Å²) in [5.41, 5.74) is 11.0. The summed E-state index contributed by atoms with van der Waals surface area (Å²) in [6, 6.07) is 0. The lowest BCUT2D eigenvalue weighted by molar-refractivity contribution is -0.131. The number of hydrogen-bond donors (Lipinski definition) is 2. The van der Waals surface area contributed by atoms with Crippen molar-refractivity contribution in [3.63, 3.8) is 0 Å². The van der Waals surface area contributed by atoms with E-state index in [0.29, 0.717) is 38.4 Å². The Kier molecular flexibility index (Phi) is 5.59. The van der Waals surface area contributed by atoms with E-state index in [4.69, 9.17) is 11.5 Å². The van der Waals surface area contributed by atoms with Crippen LogP contribution in [0.25, 0.3) is 0 Å². The molecular weight excluding hydrogens is 230 g/mol. The van der Waals surface area contributed by atoms with Gasteiger partial charge in [-0.3, -0.25) is 9.59 Å². The first-order valence-electron chi connectivity index (χ1n) is 6.71. The first-order chi connectivity index (χ1) is 8.43. The number of likely N-dealkylation sites (tertiary alicyclic amines) is 1. The molecule has 0 aromatic rings. The lowest BCUT2D eigenvalue weighted by Crippen LogP contribution is -2.34. The van der Waals surface area contributed by atoms with Gasteiger partial charge in [-0.1, -0.05) is 13.8 Å². The van der Waals surface area contributed by atoms with Crippen LogP contribution in [0.4, 0.5) is 0 Å². The van der Waals surface area contributed by atoms with Crippen molar-refractivity contribution in [2.75, 3.05) is 19.6 Å². The topological polar surface area (TPSA) is 89.4 Å². The molecule has 18 heavy (non-hydrogen) atoms. The Labute approximate surface area is 109 Å². The van der Waals surface area contributed by atoms with E-state index in [0.717, 1.165) is 6.42 Å². The Bertz CT molecular complexity index is 305. The van der Waals surface area contributed by atoms with Crippen molar-refractivity contribution >= 4 is 11.8 Å². The minimum Gasteiger partial charge on any atom is -0.369 e. The molecule has 0 saturated carbocycles. The number of amides is 2. The standard InChI is InChI=1S/C13H25N3O2/c1-9(2)5-10(7-14)6-12(17)16-4-3-11(8-16)13(15)18/h9-11H,3-8,14H2,1-2H3,(H2,15,18). The summed E-state index contributed by atoms with van der Waals surface area (Å²) in [6.07, 6.45) is 2.15. The van der Waals surface area contributed by atoms with E-state index in [-0.39, 0.29) is 23.7 Å². The molecule has 4 N–H and O–H groups in total. The minimum absolute atomic E-state index is 0.106. The molecule has 1 rings (SSSR count). The summed E-state index contributed by atoms with van der Waals surface area (Å²) in [7, 11) is 0. The van der Waals surface area contributed by atoms with Crippen LogP contribution < -0.4 is 11.5 Å². The molecule has 1 fully saturated rings. The van der Waals surface area contributed by atoms with E-state index in [2.05, 4.69) is 13.8 Å². The van der Waals surface area contributed by atoms with Gasteiger partial charge in [0.2, 0.25) is 11.8 Å². The first-order valence-corrected chi connectivity index (χ1v) is 6.71. The largest absolute Gasteiger partial charge is 0.369 e. The molecule has 1 saturated heterocycles. The van der Waals surface area contributed by atoms with E-state index in [9.17, 15) is 9.59 Å². The van der Waals surface area contributed by atoms with Crippen molar-refractivity contribution in [3.8, 4) is 0 Å². The lowest BCUT2D eigenvalue weighted by atomic mass is 9.94. The fraction of sp³-hybridized carbons (Fsp3) is 0.846. The minimum atomic E-state index is -0.303. The van der Waals surface area contributed by atoms with E-state index in [1.54, 1.807) is 4.90 Å². The molecule has 2 atom stereocenters. The van der Waals surface area contributed by atoms with Gasteiger partial charge in [0, 0.05) is 19.5 Å². The monoisotopic (exact) mass is 255 g/mol. The molecule has 0 spiro atoms. The van der Waals surface area contributed by atoms with Crippen molar-refractivity contribution in [1.82, 2.24) is 4.90 Å². The highest BCUT2D eigenvalue weighted by atomic mass is 16.2. The number of carbonyl (C=O) groups excluding carboxylic acids is 2. The number of rotatable bonds is 6. The van der Waals surface area contributed by atoms with Crippen LogP contribution in [-0.2, 0) is 9.59 Å². The molecule has 1 aliphatic rings. The van der Waals surface area contributed by atoms with Crippen molar-refractivity contribution in [3.05, 3.63) is 0 Å². The smallest absolute Gasteiger partial charge is 0.222 e. The predicted octanol–water partition coefficient (Wildman–Crippen LogP) is 0.331. The van der Waals surface area contributed by atoms with Gasteiger partial charge >= 0.3 is 0 Å². The molecule has 2 amide bonds. The summed E-state index contributed by atoms with van der Waals surface area (Å²) in [5.74, 6) is 0.418. The first kappa shape index (κ1) is 15.0. The maximum Gasteiger partial charge on any atom is 0.222 e. The Morgan fingerprint density at radius 2 is 2.06 bits per heavy atom. The molecular formula is C13H25N3O2. The SMILES string of the molecule is CC(C)CC(CN)CC(=O)N1CCC(C(N)=O)C1. The molecule has 0 aromatic heterocycles. The van der Waals surface area contributed by atoms with Crippen molar-refractivity contribution in [2.45, 2.75) is 33.1 Å². The normalized spacial score (nSPS) is 21.3. The summed E-state index contributed by atoms with van der Waals surface area (Å²) in [5, 5.41) is 0. The molecule has 0 aromatic carbocycles. The molecule has 1 aliphatic heterocycles. The molecule has 5 heteroatoms. The van der Waals surface area contributed by atoms with Crippen LogP contribution in [0, 0.1) is 17.8 Å². The van der Waals surface area contributed by atoms with Gasteiger partial charge in [-0.2, -0.15) is 0 Å². The quantitative estimate of drug-likeness (QED) is 0.716. The number of primary amides is 1. The van der Waals surface area contributed by atoms with Gasteiger partial charge in [-0.05, 0) is 31.2 Å². The van der Waals surface area contributed by atoms with E-state index >= 15 is 0 Å². The highest BCUT2D eigenvalue weighted by Crippen LogP contribution is 2.20. The number of nitrogens with zero attached hydrogens (tertiary/aromatic N) is 1. The highest BCUT2D eigenvalue weighted by Gasteiger charge is 2.30. The fourth-order valence-electron chi connectivity index (χ4n) is 2.52. The maximum atomic E-state index is 12.1. The van der Waals surface area contributed by atoms with Crippen LogP contribution in [0.15, 0.2) is 0 Å². The third-order valence-electron chi connectivity index (χ3n) is 3.54.